The van der Waals surface area contributed by atoms with E-state index in [9.17, 15) is 9.59 Å². The van der Waals surface area contributed by atoms with Crippen molar-refractivity contribution in [3.63, 3.8) is 0 Å². The number of pyridine rings is 1. The largest absolute Gasteiger partial charge is 0.469 e. The molecule has 4 heterocycles. The van der Waals surface area contributed by atoms with Gasteiger partial charge in [0.2, 0.25) is 0 Å². The van der Waals surface area contributed by atoms with Crippen LogP contribution < -0.4 is 10.9 Å². The smallest absolute Gasteiger partial charge is 0.276 e. The summed E-state index contributed by atoms with van der Waals surface area (Å²) in [4.78, 5) is 30.4. The third-order valence-electron chi connectivity index (χ3n) is 5.49. The van der Waals surface area contributed by atoms with E-state index in [0.29, 0.717) is 29.7 Å². The van der Waals surface area contributed by atoms with Gasteiger partial charge in [-0.3, -0.25) is 14.2 Å². The van der Waals surface area contributed by atoms with Gasteiger partial charge >= 0.3 is 0 Å². The highest BCUT2D eigenvalue weighted by molar-refractivity contribution is 5.94. The highest BCUT2D eigenvalue weighted by Crippen LogP contribution is 2.15. The van der Waals surface area contributed by atoms with Crippen LogP contribution in [0.25, 0.3) is 16.7 Å². The molecule has 0 spiro atoms. The lowest BCUT2D eigenvalue weighted by molar-refractivity contribution is 0.0939. The number of aromatic nitrogens is 3. The van der Waals surface area contributed by atoms with Gasteiger partial charge in [-0.2, -0.15) is 0 Å². The molecular formula is C25H22N4O3. The highest BCUT2D eigenvalue weighted by atomic mass is 16.3. The van der Waals surface area contributed by atoms with E-state index >= 15 is 0 Å². The van der Waals surface area contributed by atoms with Gasteiger partial charge in [0.1, 0.15) is 11.3 Å². The maximum atomic E-state index is 13.1. The Morgan fingerprint density at radius 1 is 1.09 bits per heavy atom. The molecule has 5 rings (SSSR count). The molecule has 7 heteroatoms. The van der Waals surface area contributed by atoms with Crippen LogP contribution >= 0.6 is 0 Å². The second kappa shape index (κ2) is 8.19. The van der Waals surface area contributed by atoms with Gasteiger partial charge in [0.05, 0.1) is 18.3 Å². The van der Waals surface area contributed by atoms with E-state index in [1.165, 1.54) is 0 Å². The minimum atomic E-state index is -0.164. The molecule has 5 aromatic rings. The first-order chi connectivity index (χ1) is 15.6. The maximum Gasteiger partial charge on any atom is 0.276 e. The van der Waals surface area contributed by atoms with E-state index in [-0.39, 0.29) is 17.5 Å². The van der Waals surface area contributed by atoms with E-state index in [0.717, 1.165) is 16.8 Å². The molecule has 160 valence electrons. The van der Waals surface area contributed by atoms with Gasteiger partial charge in [0, 0.05) is 30.4 Å². The topological polar surface area (TPSA) is 81.5 Å². The summed E-state index contributed by atoms with van der Waals surface area (Å²) in [5.41, 5.74) is 3.31. The molecule has 1 amide bonds. The summed E-state index contributed by atoms with van der Waals surface area (Å²) in [7, 11) is 0. The molecular weight excluding hydrogens is 404 g/mol. The fourth-order valence-corrected chi connectivity index (χ4v) is 4.01. The molecule has 0 aliphatic heterocycles. The molecule has 1 N–H and O–H groups in total. The number of amides is 1. The van der Waals surface area contributed by atoms with E-state index in [2.05, 4.69) is 10.3 Å². The Hall–Kier alpha value is -4.13. The predicted molar refractivity (Wildman–Crippen MR) is 122 cm³/mol. The minimum absolute atomic E-state index is 0.0788. The molecule has 1 atom stereocenters. The van der Waals surface area contributed by atoms with Gasteiger partial charge < -0.3 is 14.1 Å². The summed E-state index contributed by atoms with van der Waals surface area (Å²) in [5, 5.41) is 3.00. The monoisotopic (exact) mass is 426 g/mol. The SMILES string of the molecule is C[C@H](Cc1ccco1)NC(=O)c1cccc(Cn2c(=O)c3cccn3c3cccnc32)c1. The summed E-state index contributed by atoms with van der Waals surface area (Å²) in [6.45, 7) is 2.26. The van der Waals surface area contributed by atoms with Gasteiger partial charge in [-0.05, 0) is 61.0 Å². The molecule has 7 nitrogen and oxygen atoms in total. The van der Waals surface area contributed by atoms with Crippen LogP contribution in [0.15, 0.2) is 88.5 Å². The van der Waals surface area contributed by atoms with Crippen molar-refractivity contribution in [2.75, 3.05) is 0 Å². The van der Waals surface area contributed by atoms with Gasteiger partial charge in [-0.15, -0.1) is 0 Å². The fraction of sp³-hybridized carbons (Fsp3) is 0.160. The van der Waals surface area contributed by atoms with Crippen molar-refractivity contribution in [2.24, 2.45) is 0 Å². The molecule has 0 bridgehead atoms. The number of fused-ring (bicyclic) bond motifs is 3. The Labute approximate surface area is 183 Å². The number of carbonyl (C=O) groups excluding carboxylic acids is 1. The first-order valence-electron chi connectivity index (χ1n) is 10.5. The van der Waals surface area contributed by atoms with Gasteiger partial charge in [-0.1, -0.05) is 12.1 Å². The van der Waals surface area contributed by atoms with Gasteiger partial charge in [0.15, 0.2) is 5.65 Å². The molecule has 0 unspecified atom stereocenters. The van der Waals surface area contributed by atoms with E-state index in [1.54, 1.807) is 29.2 Å². The maximum absolute atomic E-state index is 13.1. The molecule has 0 aliphatic rings. The third-order valence-corrected chi connectivity index (χ3v) is 5.49. The summed E-state index contributed by atoms with van der Waals surface area (Å²) in [5.74, 6) is 0.661. The zero-order chi connectivity index (χ0) is 22.1. The first kappa shape index (κ1) is 19.8. The molecule has 1 aromatic carbocycles. The number of hydrogen-bond donors (Lipinski definition) is 1. The van der Waals surface area contributed by atoms with Crippen molar-refractivity contribution >= 4 is 22.6 Å². The lowest BCUT2D eigenvalue weighted by Crippen LogP contribution is -2.34. The molecule has 0 aliphatic carbocycles. The number of nitrogens with zero attached hydrogens (tertiary/aromatic N) is 3. The van der Waals surface area contributed by atoms with Crippen molar-refractivity contribution in [3.05, 3.63) is 107 Å². The molecule has 0 fully saturated rings. The Morgan fingerprint density at radius 3 is 2.81 bits per heavy atom. The summed E-state index contributed by atoms with van der Waals surface area (Å²) >= 11 is 0. The van der Waals surface area contributed by atoms with E-state index < -0.39 is 0 Å². The minimum Gasteiger partial charge on any atom is -0.469 e. The lowest BCUT2D eigenvalue weighted by Gasteiger charge is -2.14. The van der Waals surface area contributed by atoms with Crippen LogP contribution in [0.4, 0.5) is 0 Å². The van der Waals surface area contributed by atoms with Crippen molar-refractivity contribution in [1.82, 2.24) is 19.3 Å². The summed E-state index contributed by atoms with van der Waals surface area (Å²) < 4.78 is 8.86. The van der Waals surface area contributed by atoms with Crippen LogP contribution in [0.1, 0.15) is 28.6 Å². The Bertz CT molecular complexity index is 1460. The van der Waals surface area contributed by atoms with E-state index in [1.807, 2.05) is 66.1 Å². The molecule has 0 radical (unpaired) electrons. The van der Waals surface area contributed by atoms with Crippen LogP contribution in [0.3, 0.4) is 0 Å². The van der Waals surface area contributed by atoms with Crippen LogP contribution in [-0.4, -0.2) is 25.9 Å². The normalized spacial score (nSPS) is 12.3. The summed E-state index contributed by atoms with van der Waals surface area (Å²) in [6.07, 6.45) is 5.78. The van der Waals surface area contributed by atoms with Gasteiger partial charge in [-0.25, -0.2) is 4.98 Å². The zero-order valence-corrected chi connectivity index (χ0v) is 17.6. The second-order valence-electron chi connectivity index (χ2n) is 7.86. The Morgan fingerprint density at radius 2 is 1.97 bits per heavy atom. The number of rotatable bonds is 6. The van der Waals surface area contributed by atoms with Crippen LogP contribution in [0.5, 0.6) is 0 Å². The number of furan rings is 1. The average Bonchev–Trinajstić information content (AvgIpc) is 3.49. The number of carbonyl (C=O) groups is 1. The number of nitrogens with one attached hydrogen (secondary N) is 1. The van der Waals surface area contributed by atoms with Crippen molar-refractivity contribution in [3.8, 4) is 0 Å². The van der Waals surface area contributed by atoms with Crippen molar-refractivity contribution < 1.29 is 9.21 Å². The van der Waals surface area contributed by atoms with E-state index in [4.69, 9.17) is 4.42 Å². The average molecular weight is 426 g/mol. The fourth-order valence-electron chi connectivity index (χ4n) is 4.01. The van der Waals surface area contributed by atoms with Crippen molar-refractivity contribution in [1.29, 1.82) is 0 Å². The third kappa shape index (κ3) is 3.69. The molecule has 0 saturated heterocycles. The van der Waals surface area contributed by atoms with Crippen molar-refractivity contribution in [2.45, 2.75) is 25.9 Å². The summed E-state index contributed by atoms with van der Waals surface area (Å²) in [6, 6.07) is 18.4. The number of hydrogen-bond acceptors (Lipinski definition) is 4. The highest BCUT2D eigenvalue weighted by Gasteiger charge is 2.14. The first-order valence-corrected chi connectivity index (χ1v) is 10.5. The quantitative estimate of drug-likeness (QED) is 0.449. The Kier molecular flexibility index (Phi) is 5.07. The van der Waals surface area contributed by atoms with Gasteiger partial charge in [0.25, 0.3) is 11.5 Å². The standard InChI is InChI=1S/C25H22N4O3/c1-17(14-20-8-5-13-32-20)27-24(30)19-7-2-6-18(15-19)16-29-23-21(9-3-11-26-23)28-12-4-10-22(28)25(29)31/h2-13,15,17H,14,16H2,1H3,(H,27,30)/t17-/m1/s1. The molecule has 32 heavy (non-hydrogen) atoms. The predicted octanol–water partition coefficient (Wildman–Crippen LogP) is 3.65. The van der Waals surface area contributed by atoms with Crippen LogP contribution in [0, 0.1) is 0 Å². The molecule has 0 saturated carbocycles. The van der Waals surface area contributed by atoms with Crippen LogP contribution in [-0.2, 0) is 13.0 Å². The lowest BCUT2D eigenvalue weighted by atomic mass is 10.1. The number of benzene rings is 1. The van der Waals surface area contributed by atoms with Crippen LogP contribution in [0.2, 0.25) is 0 Å². The second-order valence-corrected chi connectivity index (χ2v) is 7.86. The zero-order valence-electron chi connectivity index (χ0n) is 17.6. The molecule has 4 aromatic heterocycles. The Balaban J connectivity index is 1.43.